The Balaban J connectivity index is 1.82. The minimum absolute atomic E-state index is 0.0412. The molecule has 2 heteroatoms. The molecule has 1 heterocycles. The van der Waals surface area contributed by atoms with Crippen molar-refractivity contribution < 1.29 is 4.74 Å². The number of benzene rings is 2. The molecule has 2 nitrogen and oxygen atoms in total. The van der Waals surface area contributed by atoms with Crippen molar-refractivity contribution in [1.82, 2.24) is 0 Å². The number of aryl methyl sites for hydroxylation is 2. The van der Waals surface area contributed by atoms with E-state index in [0.29, 0.717) is 0 Å². The number of ether oxygens (including phenoxy) is 1. The van der Waals surface area contributed by atoms with E-state index < -0.39 is 0 Å². The van der Waals surface area contributed by atoms with Gasteiger partial charge in [-0.2, -0.15) is 0 Å². The second-order valence-corrected chi connectivity index (χ2v) is 5.34. The summed E-state index contributed by atoms with van der Waals surface area (Å²) in [4.78, 5) is 0. The summed E-state index contributed by atoms with van der Waals surface area (Å²) in [5, 5.41) is 0. The number of fused-ring (bicyclic) bond motifs is 1. The third-order valence-corrected chi connectivity index (χ3v) is 3.99. The van der Waals surface area contributed by atoms with Gasteiger partial charge in [-0.1, -0.05) is 36.4 Å². The second kappa shape index (κ2) is 4.71. The Morgan fingerprint density at radius 2 is 1.89 bits per heavy atom. The Bertz CT molecular complexity index is 581. The van der Waals surface area contributed by atoms with E-state index in [9.17, 15) is 0 Å². The van der Waals surface area contributed by atoms with Gasteiger partial charge in [0.25, 0.3) is 0 Å². The van der Waals surface area contributed by atoms with E-state index in [2.05, 4.69) is 38.1 Å². The number of hydrogen-bond acceptors (Lipinski definition) is 2. The predicted octanol–water partition coefficient (Wildman–Crippen LogP) is 3.31. The average Bonchev–Trinajstić information content (AvgIpc) is 2.85. The molecule has 98 valence electrons. The van der Waals surface area contributed by atoms with Gasteiger partial charge in [0.1, 0.15) is 11.9 Å². The highest BCUT2D eigenvalue weighted by Crippen LogP contribution is 2.33. The topological polar surface area (TPSA) is 35.2 Å². The molecule has 0 bridgehead atoms. The lowest BCUT2D eigenvalue weighted by Gasteiger charge is -2.20. The fraction of sp³-hybridized carbons (Fsp3) is 0.294. The lowest BCUT2D eigenvalue weighted by molar-refractivity contribution is 0.200. The lowest BCUT2D eigenvalue weighted by Crippen LogP contribution is -2.30. The molecule has 2 atom stereocenters. The molecule has 2 unspecified atom stereocenters. The van der Waals surface area contributed by atoms with Crippen molar-refractivity contribution in [3.05, 3.63) is 64.7 Å². The molecule has 0 aromatic heterocycles. The van der Waals surface area contributed by atoms with E-state index in [4.69, 9.17) is 10.5 Å². The maximum Gasteiger partial charge on any atom is 0.123 e. The average molecular weight is 253 g/mol. The standard InChI is InChI=1S/C17H19NO/c1-11-7-8-14(9-12(11)2)17(18)16-10-13-5-3-4-6-15(13)19-16/h3-9,16-17H,10,18H2,1-2H3. The first-order chi connectivity index (χ1) is 9.15. The monoisotopic (exact) mass is 253 g/mol. The summed E-state index contributed by atoms with van der Waals surface area (Å²) < 4.78 is 5.97. The van der Waals surface area contributed by atoms with Crippen molar-refractivity contribution in [2.24, 2.45) is 5.73 Å². The van der Waals surface area contributed by atoms with Crippen LogP contribution in [0.1, 0.15) is 28.3 Å². The molecule has 0 radical (unpaired) electrons. The zero-order chi connectivity index (χ0) is 13.4. The van der Waals surface area contributed by atoms with Crippen LogP contribution in [0.4, 0.5) is 0 Å². The van der Waals surface area contributed by atoms with E-state index in [-0.39, 0.29) is 12.1 Å². The molecule has 2 aromatic rings. The van der Waals surface area contributed by atoms with Gasteiger partial charge in [-0.25, -0.2) is 0 Å². The van der Waals surface area contributed by atoms with Gasteiger partial charge in [-0.15, -0.1) is 0 Å². The molecule has 0 aliphatic carbocycles. The molecule has 2 N–H and O–H groups in total. The fourth-order valence-corrected chi connectivity index (χ4v) is 2.60. The first-order valence-corrected chi connectivity index (χ1v) is 6.72. The van der Waals surface area contributed by atoms with Gasteiger partial charge in [0.05, 0.1) is 6.04 Å². The third-order valence-electron chi connectivity index (χ3n) is 3.99. The van der Waals surface area contributed by atoms with E-state index in [1.807, 2.05) is 18.2 Å². The van der Waals surface area contributed by atoms with Crippen molar-refractivity contribution in [2.45, 2.75) is 32.4 Å². The van der Waals surface area contributed by atoms with Crippen LogP contribution in [0.25, 0.3) is 0 Å². The SMILES string of the molecule is Cc1ccc(C(N)C2Cc3ccccc3O2)cc1C. The molecule has 2 aromatic carbocycles. The summed E-state index contributed by atoms with van der Waals surface area (Å²) in [6, 6.07) is 14.5. The molecule has 0 spiro atoms. The van der Waals surface area contributed by atoms with Crippen molar-refractivity contribution in [3.63, 3.8) is 0 Å². The zero-order valence-corrected chi connectivity index (χ0v) is 11.4. The molecule has 1 aliphatic heterocycles. The van der Waals surface area contributed by atoms with Gasteiger partial charge in [-0.05, 0) is 42.2 Å². The van der Waals surface area contributed by atoms with Crippen LogP contribution in [0.5, 0.6) is 5.75 Å². The molecule has 0 saturated carbocycles. The zero-order valence-electron chi connectivity index (χ0n) is 11.4. The fourth-order valence-electron chi connectivity index (χ4n) is 2.60. The molecular formula is C17H19NO. The van der Waals surface area contributed by atoms with Gasteiger partial charge in [-0.3, -0.25) is 0 Å². The number of nitrogens with two attached hydrogens (primary N) is 1. The van der Waals surface area contributed by atoms with Crippen LogP contribution in [0.15, 0.2) is 42.5 Å². The van der Waals surface area contributed by atoms with Crippen molar-refractivity contribution >= 4 is 0 Å². The Morgan fingerprint density at radius 3 is 2.63 bits per heavy atom. The van der Waals surface area contributed by atoms with Crippen LogP contribution < -0.4 is 10.5 Å². The highest BCUT2D eigenvalue weighted by atomic mass is 16.5. The Labute approximate surface area is 114 Å². The van der Waals surface area contributed by atoms with E-state index in [0.717, 1.165) is 17.7 Å². The molecular weight excluding hydrogens is 234 g/mol. The predicted molar refractivity (Wildman–Crippen MR) is 77.4 cm³/mol. The van der Waals surface area contributed by atoms with E-state index >= 15 is 0 Å². The van der Waals surface area contributed by atoms with Gasteiger partial charge in [0.2, 0.25) is 0 Å². The van der Waals surface area contributed by atoms with Crippen LogP contribution in [0, 0.1) is 13.8 Å². The van der Waals surface area contributed by atoms with Crippen molar-refractivity contribution in [3.8, 4) is 5.75 Å². The minimum atomic E-state index is -0.0771. The smallest absolute Gasteiger partial charge is 0.123 e. The number of hydrogen-bond donors (Lipinski definition) is 1. The maximum atomic E-state index is 6.37. The highest BCUT2D eigenvalue weighted by Gasteiger charge is 2.28. The molecule has 0 fully saturated rings. The normalized spacial score (nSPS) is 18.8. The molecule has 1 aliphatic rings. The quantitative estimate of drug-likeness (QED) is 0.891. The maximum absolute atomic E-state index is 6.37. The highest BCUT2D eigenvalue weighted by molar-refractivity contribution is 5.39. The Hall–Kier alpha value is -1.80. The molecule has 0 amide bonds. The summed E-state index contributed by atoms with van der Waals surface area (Å²) in [7, 11) is 0. The second-order valence-electron chi connectivity index (χ2n) is 5.34. The minimum Gasteiger partial charge on any atom is -0.488 e. The van der Waals surface area contributed by atoms with Crippen LogP contribution in [-0.2, 0) is 6.42 Å². The Kier molecular flexibility index (Phi) is 3.03. The van der Waals surface area contributed by atoms with E-state index in [1.54, 1.807) is 0 Å². The summed E-state index contributed by atoms with van der Waals surface area (Å²) in [6.07, 6.45) is 0.934. The van der Waals surface area contributed by atoms with Gasteiger partial charge in [0.15, 0.2) is 0 Å². The number of rotatable bonds is 2. The lowest BCUT2D eigenvalue weighted by atomic mass is 9.96. The van der Waals surface area contributed by atoms with Gasteiger partial charge in [0, 0.05) is 6.42 Å². The van der Waals surface area contributed by atoms with Crippen LogP contribution in [-0.4, -0.2) is 6.10 Å². The van der Waals surface area contributed by atoms with E-state index in [1.165, 1.54) is 16.7 Å². The molecule has 19 heavy (non-hydrogen) atoms. The van der Waals surface area contributed by atoms with Gasteiger partial charge < -0.3 is 10.5 Å². The van der Waals surface area contributed by atoms with Crippen LogP contribution in [0.3, 0.4) is 0 Å². The summed E-state index contributed by atoms with van der Waals surface area (Å²) in [5.41, 5.74) is 11.4. The first kappa shape index (κ1) is 12.2. The van der Waals surface area contributed by atoms with Crippen molar-refractivity contribution in [1.29, 1.82) is 0 Å². The Morgan fingerprint density at radius 1 is 1.11 bits per heavy atom. The largest absolute Gasteiger partial charge is 0.488 e. The molecule has 0 saturated heterocycles. The van der Waals surface area contributed by atoms with Crippen LogP contribution in [0.2, 0.25) is 0 Å². The first-order valence-electron chi connectivity index (χ1n) is 6.72. The van der Waals surface area contributed by atoms with Crippen molar-refractivity contribution in [2.75, 3.05) is 0 Å². The van der Waals surface area contributed by atoms with Crippen LogP contribution >= 0.6 is 0 Å². The summed E-state index contributed by atoms with van der Waals surface area (Å²) >= 11 is 0. The third kappa shape index (κ3) is 2.24. The summed E-state index contributed by atoms with van der Waals surface area (Å²) in [5.74, 6) is 0.979. The van der Waals surface area contributed by atoms with Gasteiger partial charge >= 0.3 is 0 Å². The summed E-state index contributed by atoms with van der Waals surface area (Å²) in [6.45, 7) is 4.24. The molecule has 3 rings (SSSR count). The number of para-hydroxylation sites is 1.